The van der Waals surface area contributed by atoms with Crippen LogP contribution in [0.4, 0.5) is 4.39 Å². The number of aryl methyl sites for hydroxylation is 1. The van der Waals surface area contributed by atoms with E-state index in [9.17, 15) is 9.18 Å². The first-order valence-electron chi connectivity index (χ1n) is 9.79. The van der Waals surface area contributed by atoms with E-state index in [4.69, 9.17) is 0 Å². The van der Waals surface area contributed by atoms with Gasteiger partial charge in [0.15, 0.2) is 0 Å². The van der Waals surface area contributed by atoms with Gasteiger partial charge >= 0.3 is 0 Å². The van der Waals surface area contributed by atoms with Crippen LogP contribution in [0, 0.1) is 11.7 Å². The molecule has 1 unspecified atom stereocenters. The van der Waals surface area contributed by atoms with Gasteiger partial charge in [0.05, 0.1) is 0 Å². The summed E-state index contributed by atoms with van der Waals surface area (Å²) in [4.78, 5) is 17.3. The quantitative estimate of drug-likeness (QED) is 0.808. The summed E-state index contributed by atoms with van der Waals surface area (Å²) in [5.74, 6) is 0.210. The van der Waals surface area contributed by atoms with Crippen LogP contribution in [0.3, 0.4) is 0 Å². The van der Waals surface area contributed by atoms with Gasteiger partial charge in [-0.25, -0.2) is 4.39 Å². The molecule has 1 aromatic heterocycles. The van der Waals surface area contributed by atoms with Crippen LogP contribution in [0.1, 0.15) is 43.2 Å². The van der Waals surface area contributed by atoms with E-state index in [-0.39, 0.29) is 17.8 Å². The van der Waals surface area contributed by atoms with Crippen molar-refractivity contribution in [2.24, 2.45) is 5.92 Å². The van der Waals surface area contributed by atoms with Gasteiger partial charge in [0.1, 0.15) is 11.5 Å². The maximum absolute atomic E-state index is 13.2. The van der Waals surface area contributed by atoms with Gasteiger partial charge < -0.3 is 4.90 Å². The second-order valence-electron chi connectivity index (χ2n) is 7.57. The highest BCUT2D eigenvalue weighted by Crippen LogP contribution is 2.21. The third-order valence-corrected chi connectivity index (χ3v) is 5.29. The smallest absolute Gasteiger partial charge is 0.274 e. The van der Waals surface area contributed by atoms with E-state index in [1.165, 1.54) is 12.1 Å². The third-order valence-electron chi connectivity index (χ3n) is 5.29. The number of carbonyl (C=O) groups excluding carboxylic acids is 1. The number of rotatable bonds is 5. The summed E-state index contributed by atoms with van der Waals surface area (Å²) in [6, 6.07) is 8.77. The van der Waals surface area contributed by atoms with Crippen LogP contribution < -0.4 is 0 Å². The molecule has 0 bridgehead atoms. The lowest BCUT2D eigenvalue weighted by Gasteiger charge is -2.34. The van der Waals surface area contributed by atoms with Gasteiger partial charge in [-0.3, -0.25) is 14.4 Å². The Kier molecular flexibility index (Phi) is 6.26. The predicted octanol–water partition coefficient (Wildman–Crippen LogP) is 3.41. The number of hydrogen-bond acceptors (Lipinski definition) is 3. The number of nitrogens with zero attached hydrogens (tertiary/aromatic N) is 4. The summed E-state index contributed by atoms with van der Waals surface area (Å²) < 4.78 is 15.0. The van der Waals surface area contributed by atoms with Gasteiger partial charge in [0.25, 0.3) is 5.91 Å². The van der Waals surface area contributed by atoms with Crippen molar-refractivity contribution < 1.29 is 9.18 Å². The molecular formula is C21H29FN4O. The molecule has 6 heteroatoms. The minimum atomic E-state index is -0.210. The fraction of sp³-hybridized carbons (Fsp3) is 0.524. The summed E-state index contributed by atoms with van der Waals surface area (Å²) in [5, 5.41) is 4.38. The van der Waals surface area contributed by atoms with Crippen molar-refractivity contribution in [1.29, 1.82) is 0 Å². The molecule has 1 saturated heterocycles. The standard InChI is InChI=1S/C21H29FN4O/c1-4-26-13-10-19(23-26)21(27)25-12-5-11-24(20(15-25)16(2)3)14-17-6-8-18(22)9-7-17/h6-10,13,16,20H,4-5,11-12,14-15H2,1-3H3. The fourth-order valence-corrected chi connectivity index (χ4v) is 3.71. The normalized spacial score (nSPS) is 18.7. The van der Waals surface area contributed by atoms with Crippen LogP contribution in [0.15, 0.2) is 36.5 Å². The highest BCUT2D eigenvalue weighted by Gasteiger charge is 2.30. The highest BCUT2D eigenvalue weighted by atomic mass is 19.1. The minimum absolute atomic E-state index is 0.0106. The minimum Gasteiger partial charge on any atom is -0.336 e. The first-order valence-corrected chi connectivity index (χ1v) is 9.79. The topological polar surface area (TPSA) is 41.4 Å². The van der Waals surface area contributed by atoms with Crippen molar-refractivity contribution in [3.05, 3.63) is 53.6 Å². The second kappa shape index (κ2) is 8.65. The van der Waals surface area contributed by atoms with Gasteiger partial charge in [0.2, 0.25) is 0 Å². The molecular weight excluding hydrogens is 343 g/mol. The molecule has 1 aromatic carbocycles. The molecule has 2 heterocycles. The van der Waals surface area contributed by atoms with Gasteiger partial charge in [-0.05, 0) is 43.0 Å². The number of hydrogen-bond donors (Lipinski definition) is 0. The molecule has 3 rings (SSSR count). The third kappa shape index (κ3) is 4.75. The second-order valence-corrected chi connectivity index (χ2v) is 7.57. The van der Waals surface area contributed by atoms with Crippen LogP contribution in [0.2, 0.25) is 0 Å². The number of halogens is 1. The average Bonchev–Trinajstić information content (AvgIpc) is 3.04. The Morgan fingerprint density at radius 1 is 1.22 bits per heavy atom. The molecule has 2 aromatic rings. The van der Waals surface area contributed by atoms with E-state index < -0.39 is 0 Å². The van der Waals surface area contributed by atoms with E-state index in [0.29, 0.717) is 18.2 Å². The molecule has 0 spiro atoms. The van der Waals surface area contributed by atoms with Crippen molar-refractivity contribution in [2.45, 2.75) is 46.3 Å². The lowest BCUT2D eigenvalue weighted by molar-refractivity contribution is 0.0695. The Bertz CT molecular complexity index is 756. The van der Waals surface area contributed by atoms with E-state index in [0.717, 1.165) is 38.2 Å². The molecule has 1 aliphatic heterocycles. The van der Waals surface area contributed by atoms with Gasteiger partial charge in [-0.1, -0.05) is 26.0 Å². The average molecular weight is 372 g/mol. The summed E-state index contributed by atoms with van der Waals surface area (Å²) >= 11 is 0. The molecule has 146 valence electrons. The van der Waals surface area contributed by atoms with Gasteiger partial charge in [0, 0.05) is 45.0 Å². The number of amides is 1. The zero-order valence-electron chi connectivity index (χ0n) is 16.4. The largest absolute Gasteiger partial charge is 0.336 e. The van der Waals surface area contributed by atoms with Crippen molar-refractivity contribution in [2.75, 3.05) is 19.6 Å². The molecule has 1 atom stereocenters. The van der Waals surface area contributed by atoms with Gasteiger partial charge in [-0.2, -0.15) is 5.10 Å². The van der Waals surface area contributed by atoms with Gasteiger partial charge in [-0.15, -0.1) is 0 Å². The predicted molar refractivity (Wildman–Crippen MR) is 104 cm³/mol. The fourth-order valence-electron chi connectivity index (χ4n) is 3.71. The molecule has 1 fully saturated rings. The number of aromatic nitrogens is 2. The zero-order chi connectivity index (χ0) is 19.4. The maximum atomic E-state index is 13.2. The molecule has 27 heavy (non-hydrogen) atoms. The van der Waals surface area contributed by atoms with Crippen LogP contribution in [0.5, 0.6) is 0 Å². The summed E-state index contributed by atoms with van der Waals surface area (Å²) in [7, 11) is 0. The number of carbonyl (C=O) groups is 1. The molecule has 0 aliphatic carbocycles. The molecule has 1 amide bonds. The Morgan fingerprint density at radius 3 is 2.59 bits per heavy atom. The summed E-state index contributed by atoms with van der Waals surface area (Å²) in [5.41, 5.74) is 1.62. The molecule has 1 aliphatic rings. The first-order chi connectivity index (χ1) is 13.0. The molecule has 0 radical (unpaired) electrons. The monoisotopic (exact) mass is 372 g/mol. The lowest BCUT2D eigenvalue weighted by atomic mass is 10.0. The summed E-state index contributed by atoms with van der Waals surface area (Å²) in [6.45, 7) is 10.3. The van der Waals surface area contributed by atoms with Crippen molar-refractivity contribution in [1.82, 2.24) is 19.6 Å². The Balaban J connectivity index is 1.74. The first kappa shape index (κ1) is 19.5. The van der Waals surface area contributed by atoms with Crippen molar-refractivity contribution in [3.63, 3.8) is 0 Å². The molecule has 5 nitrogen and oxygen atoms in total. The SMILES string of the molecule is CCn1ccc(C(=O)N2CCCN(Cc3ccc(F)cc3)C(C(C)C)C2)n1. The van der Waals surface area contributed by atoms with E-state index >= 15 is 0 Å². The Labute approximate surface area is 160 Å². The van der Waals surface area contributed by atoms with Crippen LogP contribution in [-0.2, 0) is 13.1 Å². The van der Waals surface area contributed by atoms with Crippen molar-refractivity contribution in [3.8, 4) is 0 Å². The lowest BCUT2D eigenvalue weighted by Crippen LogP contribution is -2.45. The van der Waals surface area contributed by atoms with E-state index in [1.54, 1.807) is 10.7 Å². The zero-order valence-corrected chi connectivity index (χ0v) is 16.4. The Morgan fingerprint density at radius 2 is 1.96 bits per heavy atom. The van der Waals surface area contributed by atoms with Crippen LogP contribution in [0.25, 0.3) is 0 Å². The summed E-state index contributed by atoms with van der Waals surface area (Å²) in [6.07, 6.45) is 2.77. The Hall–Kier alpha value is -2.21. The molecule has 0 saturated carbocycles. The number of benzene rings is 1. The van der Waals surface area contributed by atoms with E-state index in [2.05, 4.69) is 23.8 Å². The highest BCUT2D eigenvalue weighted by molar-refractivity contribution is 5.92. The maximum Gasteiger partial charge on any atom is 0.274 e. The van der Waals surface area contributed by atoms with E-state index in [1.807, 2.05) is 30.2 Å². The molecule has 0 N–H and O–H groups in total. The van der Waals surface area contributed by atoms with Crippen molar-refractivity contribution >= 4 is 5.91 Å². The van der Waals surface area contributed by atoms with Crippen LogP contribution >= 0.6 is 0 Å². The van der Waals surface area contributed by atoms with Crippen LogP contribution in [-0.4, -0.2) is 51.2 Å².